The standard InChI is InChI=1S/C9H16O2/c1-4-5-6-9(7(2)10)8(3)11/h10H,4-6H2,1-3H3. The van der Waals surface area contributed by atoms with Gasteiger partial charge in [-0.25, -0.2) is 0 Å². The molecule has 0 aliphatic rings. The van der Waals surface area contributed by atoms with Gasteiger partial charge in [0.1, 0.15) is 0 Å². The molecule has 0 aromatic carbocycles. The lowest BCUT2D eigenvalue weighted by molar-refractivity contribution is -0.113. The highest BCUT2D eigenvalue weighted by atomic mass is 16.3. The van der Waals surface area contributed by atoms with E-state index in [2.05, 4.69) is 6.92 Å². The highest BCUT2D eigenvalue weighted by Crippen LogP contribution is 2.11. The summed E-state index contributed by atoms with van der Waals surface area (Å²) in [6.07, 6.45) is 2.71. The molecule has 0 rings (SSSR count). The van der Waals surface area contributed by atoms with Gasteiger partial charge < -0.3 is 5.11 Å². The van der Waals surface area contributed by atoms with E-state index in [4.69, 9.17) is 5.11 Å². The first-order chi connectivity index (χ1) is 5.09. The number of ketones is 1. The first-order valence-corrected chi connectivity index (χ1v) is 3.99. The minimum Gasteiger partial charge on any atom is -0.512 e. The van der Waals surface area contributed by atoms with Crippen molar-refractivity contribution in [2.75, 3.05) is 0 Å². The van der Waals surface area contributed by atoms with Gasteiger partial charge in [-0.3, -0.25) is 4.79 Å². The number of rotatable bonds is 4. The lowest BCUT2D eigenvalue weighted by Crippen LogP contribution is -1.99. The van der Waals surface area contributed by atoms with E-state index >= 15 is 0 Å². The largest absolute Gasteiger partial charge is 0.512 e. The van der Waals surface area contributed by atoms with Crippen LogP contribution in [0.15, 0.2) is 11.3 Å². The molecule has 0 amide bonds. The molecule has 0 aromatic rings. The summed E-state index contributed by atoms with van der Waals surface area (Å²) in [5.41, 5.74) is 0.576. The third-order valence-electron chi connectivity index (χ3n) is 1.64. The molecule has 0 radical (unpaired) electrons. The summed E-state index contributed by atoms with van der Waals surface area (Å²) < 4.78 is 0. The smallest absolute Gasteiger partial charge is 0.159 e. The quantitative estimate of drug-likeness (QED) is 0.501. The molecule has 0 aromatic heterocycles. The van der Waals surface area contributed by atoms with Crippen LogP contribution in [0.2, 0.25) is 0 Å². The van der Waals surface area contributed by atoms with E-state index in [9.17, 15) is 4.79 Å². The second-order valence-electron chi connectivity index (χ2n) is 2.72. The number of aliphatic hydroxyl groups is 1. The topological polar surface area (TPSA) is 37.3 Å². The molecule has 0 spiro atoms. The van der Waals surface area contributed by atoms with Crippen LogP contribution in [0.5, 0.6) is 0 Å². The third kappa shape index (κ3) is 3.81. The minimum atomic E-state index is -0.0153. The van der Waals surface area contributed by atoms with Crippen molar-refractivity contribution in [3.63, 3.8) is 0 Å². The fraction of sp³-hybridized carbons (Fsp3) is 0.667. The average molecular weight is 156 g/mol. The Balaban J connectivity index is 4.14. The van der Waals surface area contributed by atoms with Crippen LogP contribution in [0, 0.1) is 0 Å². The van der Waals surface area contributed by atoms with Crippen LogP contribution in [0.1, 0.15) is 40.0 Å². The lowest BCUT2D eigenvalue weighted by Gasteiger charge is -2.02. The van der Waals surface area contributed by atoms with Crippen LogP contribution in [0.3, 0.4) is 0 Å². The maximum absolute atomic E-state index is 10.9. The number of aliphatic hydroxyl groups excluding tert-OH is 1. The van der Waals surface area contributed by atoms with Gasteiger partial charge in [0, 0.05) is 5.57 Å². The molecule has 0 fully saturated rings. The SMILES string of the molecule is CCCCC(C(C)=O)=C(C)O. The van der Waals surface area contributed by atoms with Gasteiger partial charge >= 0.3 is 0 Å². The molecular weight excluding hydrogens is 140 g/mol. The lowest BCUT2D eigenvalue weighted by atomic mass is 10.0. The first kappa shape index (κ1) is 10.2. The van der Waals surface area contributed by atoms with Crippen LogP contribution in [-0.2, 0) is 4.79 Å². The van der Waals surface area contributed by atoms with E-state index in [1.807, 2.05) is 0 Å². The second kappa shape index (κ2) is 4.94. The van der Waals surface area contributed by atoms with Gasteiger partial charge in [0.15, 0.2) is 5.78 Å². The van der Waals surface area contributed by atoms with Gasteiger partial charge in [-0.15, -0.1) is 0 Å². The number of carbonyl (C=O) groups excluding carboxylic acids is 1. The maximum Gasteiger partial charge on any atom is 0.159 e. The summed E-state index contributed by atoms with van der Waals surface area (Å²) in [6, 6.07) is 0. The number of allylic oxidation sites excluding steroid dienone is 2. The van der Waals surface area contributed by atoms with Crippen LogP contribution < -0.4 is 0 Å². The summed E-state index contributed by atoms with van der Waals surface area (Å²) in [6.45, 7) is 5.11. The van der Waals surface area contributed by atoms with E-state index in [-0.39, 0.29) is 11.5 Å². The first-order valence-electron chi connectivity index (χ1n) is 3.99. The summed E-state index contributed by atoms with van der Waals surface area (Å²) in [4.78, 5) is 10.9. The van der Waals surface area contributed by atoms with Crippen LogP contribution in [0.25, 0.3) is 0 Å². The maximum atomic E-state index is 10.9. The van der Waals surface area contributed by atoms with E-state index in [0.717, 1.165) is 12.8 Å². The summed E-state index contributed by atoms with van der Waals surface area (Å²) in [5.74, 6) is 0.157. The van der Waals surface area contributed by atoms with Crippen molar-refractivity contribution < 1.29 is 9.90 Å². The molecule has 0 bridgehead atoms. The van der Waals surface area contributed by atoms with E-state index in [1.165, 1.54) is 6.92 Å². The van der Waals surface area contributed by atoms with Gasteiger partial charge in [-0.05, 0) is 26.7 Å². The molecule has 11 heavy (non-hydrogen) atoms. The molecule has 1 N–H and O–H groups in total. The van der Waals surface area contributed by atoms with E-state index in [0.29, 0.717) is 12.0 Å². The average Bonchev–Trinajstić information content (AvgIpc) is 1.87. The van der Waals surface area contributed by atoms with Crippen molar-refractivity contribution in [3.8, 4) is 0 Å². The molecule has 0 aliphatic carbocycles. The highest BCUT2D eigenvalue weighted by Gasteiger charge is 2.06. The Morgan fingerprint density at radius 3 is 2.18 bits per heavy atom. The highest BCUT2D eigenvalue weighted by molar-refractivity contribution is 5.93. The van der Waals surface area contributed by atoms with Crippen molar-refractivity contribution in [2.45, 2.75) is 40.0 Å². The fourth-order valence-corrected chi connectivity index (χ4v) is 0.965. The van der Waals surface area contributed by atoms with Gasteiger partial charge in [0.2, 0.25) is 0 Å². The normalized spacial score (nSPS) is 12.6. The Kier molecular flexibility index (Phi) is 4.59. The van der Waals surface area contributed by atoms with Crippen molar-refractivity contribution in [3.05, 3.63) is 11.3 Å². The number of hydrogen-bond acceptors (Lipinski definition) is 2. The predicted molar refractivity (Wildman–Crippen MR) is 45.5 cm³/mol. The summed E-state index contributed by atoms with van der Waals surface area (Å²) in [7, 11) is 0. The Morgan fingerprint density at radius 1 is 1.36 bits per heavy atom. The Morgan fingerprint density at radius 2 is 1.91 bits per heavy atom. The third-order valence-corrected chi connectivity index (χ3v) is 1.64. The van der Waals surface area contributed by atoms with Gasteiger partial charge in [-0.2, -0.15) is 0 Å². The van der Waals surface area contributed by atoms with Crippen molar-refractivity contribution >= 4 is 5.78 Å². The summed E-state index contributed by atoms with van der Waals surface area (Å²) >= 11 is 0. The molecule has 0 saturated heterocycles. The zero-order valence-electron chi connectivity index (χ0n) is 7.48. The number of carbonyl (C=O) groups is 1. The molecule has 2 heteroatoms. The Hall–Kier alpha value is -0.790. The molecule has 64 valence electrons. The molecule has 0 unspecified atom stereocenters. The van der Waals surface area contributed by atoms with Gasteiger partial charge in [0.05, 0.1) is 5.76 Å². The number of Topliss-reactive ketones (excluding diaryl/α,β-unsaturated/α-hetero) is 1. The van der Waals surface area contributed by atoms with Crippen molar-refractivity contribution in [1.29, 1.82) is 0 Å². The molecule has 0 aliphatic heterocycles. The molecule has 0 atom stereocenters. The summed E-state index contributed by atoms with van der Waals surface area (Å²) in [5, 5.41) is 9.07. The molecular formula is C9H16O2. The van der Waals surface area contributed by atoms with Crippen LogP contribution >= 0.6 is 0 Å². The van der Waals surface area contributed by atoms with Crippen LogP contribution in [0.4, 0.5) is 0 Å². The number of hydrogen-bond donors (Lipinski definition) is 1. The zero-order chi connectivity index (χ0) is 8.85. The Labute approximate surface area is 67.9 Å². The monoisotopic (exact) mass is 156 g/mol. The fourth-order valence-electron chi connectivity index (χ4n) is 0.965. The van der Waals surface area contributed by atoms with E-state index < -0.39 is 0 Å². The Bertz CT molecular complexity index is 164. The molecule has 0 saturated carbocycles. The minimum absolute atomic E-state index is 0.0153. The zero-order valence-corrected chi connectivity index (χ0v) is 7.48. The van der Waals surface area contributed by atoms with Gasteiger partial charge in [-0.1, -0.05) is 13.3 Å². The predicted octanol–water partition coefficient (Wildman–Crippen LogP) is 2.60. The molecule has 0 heterocycles. The van der Waals surface area contributed by atoms with Crippen LogP contribution in [-0.4, -0.2) is 10.9 Å². The second-order valence-corrected chi connectivity index (χ2v) is 2.72. The molecule has 2 nitrogen and oxygen atoms in total. The van der Waals surface area contributed by atoms with Crippen molar-refractivity contribution in [1.82, 2.24) is 0 Å². The number of unbranched alkanes of at least 4 members (excludes halogenated alkanes) is 1. The van der Waals surface area contributed by atoms with Crippen molar-refractivity contribution in [2.24, 2.45) is 0 Å². The van der Waals surface area contributed by atoms with Gasteiger partial charge in [0.25, 0.3) is 0 Å². The van der Waals surface area contributed by atoms with E-state index in [1.54, 1.807) is 6.92 Å².